The van der Waals surface area contributed by atoms with Crippen molar-refractivity contribution in [2.45, 2.75) is 11.8 Å². The highest BCUT2D eigenvalue weighted by molar-refractivity contribution is 8.14. The molecule has 9 heteroatoms. The maximum Gasteiger partial charge on any atom is 0.270 e. The maximum absolute atomic E-state index is 12.9. The third-order valence-corrected chi connectivity index (χ3v) is 6.11. The molecule has 8 nitrogen and oxygen atoms in total. The zero-order valence-corrected chi connectivity index (χ0v) is 16.7. The van der Waals surface area contributed by atoms with Crippen LogP contribution in [0.2, 0.25) is 0 Å². The zero-order valence-electron chi connectivity index (χ0n) is 15.9. The smallest absolute Gasteiger partial charge is 0.270 e. The number of non-ortho nitro benzene ring substituents is 1. The first kappa shape index (κ1) is 18.4. The lowest BCUT2D eigenvalue weighted by Crippen LogP contribution is -2.21. The highest BCUT2D eigenvalue weighted by Crippen LogP contribution is 2.43. The molecule has 1 aromatic heterocycles. The van der Waals surface area contributed by atoms with Gasteiger partial charge < -0.3 is 14.6 Å². The Morgan fingerprint density at radius 1 is 1.27 bits per heavy atom. The summed E-state index contributed by atoms with van der Waals surface area (Å²) in [4.78, 5) is 31.2. The molecule has 3 aromatic rings. The predicted octanol–water partition coefficient (Wildman–Crippen LogP) is 4.70. The number of hydrogen-bond acceptors (Lipinski definition) is 7. The van der Waals surface area contributed by atoms with Crippen LogP contribution >= 0.6 is 11.8 Å². The van der Waals surface area contributed by atoms with Crippen molar-refractivity contribution in [3.05, 3.63) is 70.0 Å². The number of nitro benzene ring substituents is 1. The number of hydrogen-bond donors (Lipinski definition) is 1. The van der Waals surface area contributed by atoms with Crippen LogP contribution in [-0.2, 0) is 0 Å². The van der Waals surface area contributed by atoms with Crippen molar-refractivity contribution in [3.8, 4) is 11.3 Å². The van der Waals surface area contributed by atoms with Crippen LogP contribution in [0.3, 0.4) is 0 Å². The van der Waals surface area contributed by atoms with Crippen molar-refractivity contribution in [1.29, 1.82) is 0 Å². The summed E-state index contributed by atoms with van der Waals surface area (Å²) in [5, 5.41) is 14.9. The monoisotopic (exact) mass is 420 g/mol. The number of anilines is 2. The van der Waals surface area contributed by atoms with Gasteiger partial charge in [0, 0.05) is 34.8 Å². The van der Waals surface area contributed by atoms with Crippen molar-refractivity contribution >= 4 is 39.9 Å². The Hall–Kier alpha value is -3.59. The third-order valence-electron chi connectivity index (χ3n) is 5.01. The molecule has 0 atom stereocenters. The lowest BCUT2D eigenvalue weighted by molar-refractivity contribution is -0.384. The van der Waals surface area contributed by atoms with Crippen LogP contribution in [0.1, 0.15) is 16.1 Å². The Balaban J connectivity index is 1.39. The maximum atomic E-state index is 12.9. The minimum atomic E-state index is -0.463. The van der Waals surface area contributed by atoms with Crippen LogP contribution in [0.15, 0.2) is 62.8 Å². The standard InChI is InChI=1S/C21H16N4O4S/c1-12-16(11-18(29-12)13-3-2-4-15(9-13)25(27)28)20(26)23-14-5-6-19-17(10-14)24-8-7-22-21(24)30-19/h2-6,9-11H,7-8H2,1H3,(H,23,26). The largest absolute Gasteiger partial charge is 0.461 e. The highest BCUT2D eigenvalue weighted by Gasteiger charge is 2.29. The van der Waals surface area contributed by atoms with E-state index < -0.39 is 4.92 Å². The van der Waals surface area contributed by atoms with Crippen molar-refractivity contribution < 1.29 is 14.1 Å². The molecule has 2 aliphatic heterocycles. The van der Waals surface area contributed by atoms with Gasteiger partial charge in [-0.3, -0.25) is 19.9 Å². The van der Waals surface area contributed by atoms with E-state index >= 15 is 0 Å². The summed E-state index contributed by atoms with van der Waals surface area (Å²) in [7, 11) is 0. The van der Waals surface area contributed by atoms with Gasteiger partial charge >= 0.3 is 0 Å². The summed E-state index contributed by atoms with van der Waals surface area (Å²) >= 11 is 1.64. The molecule has 5 rings (SSSR count). The van der Waals surface area contributed by atoms with Crippen LogP contribution in [0.5, 0.6) is 0 Å². The quantitative estimate of drug-likeness (QED) is 0.485. The van der Waals surface area contributed by atoms with Gasteiger partial charge in [0.2, 0.25) is 0 Å². The summed E-state index contributed by atoms with van der Waals surface area (Å²) in [6, 6.07) is 13.5. The molecule has 3 heterocycles. The Morgan fingerprint density at radius 2 is 2.13 bits per heavy atom. The molecule has 2 aliphatic rings. The molecule has 0 fully saturated rings. The van der Waals surface area contributed by atoms with Gasteiger partial charge in [-0.25, -0.2) is 0 Å². The molecule has 0 saturated carbocycles. The lowest BCUT2D eigenvalue weighted by Gasteiger charge is -2.13. The fourth-order valence-corrected chi connectivity index (χ4v) is 4.61. The van der Waals surface area contributed by atoms with Crippen LogP contribution in [0.25, 0.3) is 11.3 Å². The van der Waals surface area contributed by atoms with Crippen molar-refractivity contribution in [1.82, 2.24) is 0 Å². The number of fused-ring (bicyclic) bond motifs is 3. The summed E-state index contributed by atoms with van der Waals surface area (Å²) in [6.45, 7) is 3.33. The fraction of sp³-hybridized carbons (Fsp3) is 0.143. The minimum absolute atomic E-state index is 0.0339. The van der Waals surface area contributed by atoms with E-state index in [0.29, 0.717) is 28.3 Å². The van der Waals surface area contributed by atoms with Crippen molar-refractivity contribution in [3.63, 3.8) is 0 Å². The average molecular weight is 420 g/mol. The number of benzene rings is 2. The van der Waals surface area contributed by atoms with E-state index in [1.54, 1.807) is 36.9 Å². The van der Waals surface area contributed by atoms with Crippen molar-refractivity contribution in [2.75, 3.05) is 23.3 Å². The van der Waals surface area contributed by atoms with Crippen molar-refractivity contribution in [2.24, 2.45) is 4.99 Å². The number of aryl methyl sites for hydroxylation is 1. The van der Waals surface area contributed by atoms with E-state index in [-0.39, 0.29) is 11.6 Å². The highest BCUT2D eigenvalue weighted by atomic mass is 32.2. The molecule has 0 saturated heterocycles. The first-order valence-corrected chi connectivity index (χ1v) is 10.1. The topological polar surface area (TPSA) is 101 Å². The molecule has 1 N–H and O–H groups in total. The lowest BCUT2D eigenvalue weighted by atomic mass is 10.1. The van der Waals surface area contributed by atoms with E-state index in [2.05, 4.69) is 15.2 Å². The van der Waals surface area contributed by atoms with Crippen LogP contribution in [-0.4, -0.2) is 29.1 Å². The molecule has 30 heavy (non-hydrogen) atoms. The number of nitro groups is 1. The first-order chi connectivity index (χ1) is 14.5. The second-order valence-corrected chi connectivity index (χ2v) is 7.95. The second-order valence-electron chi connectivity index (χ2n) is 6.94. The normalized spacial score (nSPS) is 14.3. The summed E-state index contributed by atoms with van der Waals surface area (Å²) in [6.07, 6.45) is 0. The molecular weight excluding hydrogens is 404 g/mol. The number of nitrogens with one attached hydrogen (secondary N) is 1. The van der Waals surface area contributed by atoms with Crippen LogP contribution < -0.4 is 10.2 Å². The van der Waals surface area contributed by atoms with E-state index in [9.17, 15) is 14.9 Å². The van der Waals surface area contributed by atoms with Crippen LogP contribution in [0, 0.1) is 17.0 Å². The summed E-state index contributed by atoms with van der Waals surface area (Å²) < 4.78 is 5.71. The Labute approximate surface area is 175 Å². The predicted molar refractivity (Wildman–Crippen MR) is 115 cm³/mol. The number of amides is 1. The molecule has 1 amide bonds. The number of amidine groups is 1. The van der Waals surface area contributed by atoms with Gasteiger partial charge in [0.15, 0.2) is 5.17 Å². The second kappa shape index (κ2) is 7.03. The van der Waals surface area contributed by atoms with Gasteiger partial charge in [0.1, 0.15) is 11.5 Å². The first-order valence-electron chi connectivity index (χ1n) is 9.30. The fourth-order valence-electron chi connectivity index (χ4n) is 3.55. The van der Waals surface area contributed by atoms with E-state index in [0.717, 1.165) is 28.8 Å². The number of rotatable bonds is 4. The molecule has 0 bridgehead atoms. The number of thioether (sulfide) groups is 1. The molecule has 2 aromatic carbocycles. The molecule has 150 valence electrons. The van der Waals surface area contributed by atoms with E-state index in [4.69, 9.17) is 4.42 Å². The zero-order chi connectivity index (χ0) is 20.8. The van der Waals surface area contributed by atoms with E-state index in [1.165, 1.54) is 12.1 Å². The number of furan rings is 1. The SMILES string of the molecule is Cc1oc(-c2cccc([N+](=O)[O-])c2)cc1C(=O)Nc1ccc2c(c1)N1CCN=C1S2. The Morgan fingerprint density at radius 3 is 2.97 bits per heavy atom. The van der Waals surface area contributed by atoms with Gasteiger partial charge in [0.25, 0.3) is 11.6 Å². The minimum Gasteiger partial charge on any atom is -0.461 e. The number of nitrogens with zero attached hydrogens (tertiary/aromatic N) is 3. The van der Waals surface area contributed by atoms with Gasteiger partial charge in [-0.05, 0) is 43.0 Å². The molecular formula is C21H16N4O4S. The summed E-state index contributed by atoms with van der Waals surface area (Å²) in [5.41, 5.74) is 2.63. The third kappa shape index (κ3) is 3.13. The molecule has 0 aliphatic carbocycles. The number of carbonyl (C=O) groups excluding carboxylic acids is 1. The Kier molecular flexibility index (Phi) is 4.32. The number of aliphatic imine (C=N–C) groups is 1. The molecule has 0 unspecified atom stereocenters. The van der Waals surface area contributed by atoms with Gasteiger partial charge in [-0.2, -0.15) is 0 Å². The molecule has 0 spiro atoms. The van der Waals surface area contributed by atoms with Gasteiger partial charge in [0.05, 0.1) is 22.7 Å². The van der Waals surface area contributed by atoms with Gasteiger partial charge in [-0.1, -0.05) is 12.1 Å². The van der Waals surface area contributed by atoms with Gasteiger partial charge in [-0.15, -0.1) is 0 Å². The van der Waals surface area contributed by atoms with Crippen LogP contribution in [0.4, 0.5) is 17.1 Å². The Bertz CT molecular complexity index is 1230. The van der Waals surface area contributed by atoms with E-state index in [1.807, 2.05) is 18.2 Å². The summed E-state index contributed by atoms with van der Waals surface area (Å²) in [5.74, 6) is 0.554. The number of carbonyl (C=O) groups is 1. The average Bonchev–Trinajstić information content (AvgIpc) is 3.42. The molecule has 0 radical (unpaired) electrons.